The van der Waals surface area contributed by atoms with Crippen LogP contribution in [-0.2, 0) is 22.6 Å². The molecule has 0 saturated heterocycles. The van der Waals surface area contributed by atoms with Gasteiger partial charge in [-0.05, 0) is 60.6 Å². The van der Waals surface area contributed by atoms with Crippen molar-refractivity contribution >= 4 is 28.9 Å². The minimum absolute atomic E-state index is 0.00980. The Morgan fingerprint density at radius 1 is 0.943 bits per heavy atom. The number of benzene rings is 3. The van der Waals surface area contributed by atoms with Crippen molar-refractivity contribution in [3.63, 3.8) is 0 Å². The van der Waals surface area contributed by atoms with Crippen molar-refractivity contribution < 1.29 is 14.0 Å². The predicted molar refractivity (Wildman–Crippen MR) is 137 cm³/mol. The number of hydrogen-bond donors (Lipinski definition) is 1. The lowest BCUT2D eigenvalue weighted by atomic mass is 9.90. The molecule has 0 fully saturated rings. The minimum atomic E-state index is -0.679. The van der Waals surface area contributed by atoms with Gasteiger partial charge >= 0.3 is 0 Å². The highest BCUT2D eigenvalue weighted by Crippen LogP contribution is 2.36. The Morgan fingerprint density at radius 2 is 1.60 bits per heavy atom. The van der Waals surface area contributed by atoms with Crippen LogP contribution in [0.25, 0.3) is 0 Å². The third kappa shape index (κ3) is 5.63. The third-order valence-electron chi connectivity index (χ3n) is 5.91. The fourth-order valence-electron chi connectivity index (χ4n) is 4.11. The van der Waals surface area contributed by atoms with E-state index in [-0.39, 0.29) is 11.8 Å². The van der Waals surface area contributed by atoms with Crippen LogP contribution in [0.2, 0.25) is 0 Å². The van der Waals surface area contributed by atoms with Gasteiger partial charge in [-0.2, -0.15) is 0 Å². The highest BCUT2D eigenvalue weighted by molar-refractivity contribution is 6.24. The van der Waals surface area contributed by atoms with E-state index in [1.54, 1.807) is 25.1 Å². The number of carbonyl (C=O) groups is 2. The first-order chi connectivity index (χ1) is 16.7. The molecule has 35 heavy (non-hydrogen) atoms. The second-order valence-corrected chi connectivity index (χ2v) is 9.22. The van der Waals surface area contributed by atoms with Crippen LogP contribution in [0.1, 0.15) is 28.2 Å². The summed E-state index contributed by atoms with van der Waals surface area (Å²) in [5, 5.41) is 2.79. The number of amides is 2. The molecule has 3 aromatic rings. The van der Waals surface area contributed by atoms with Gasteiger partial charge in [-0.3, -0.25) is 14.6 Å². The van der Waals surface area contributed by atoms with Crippen molar-refractivity contribution in [3.05, 3.63) is 94.8 Å². The second kappa shape index (κ2) is 10.2. The van der Waals surface area contributed by atoms with E-state index in [2.05, 4.69) is 10.2 Å². The lowest BCUT2D eigenvalue weighted by Crippen LogP contribution is -2.24. The molecule has 7 heteroatoms. The van der Waals surface area contributed by atoms with Gasteiger partial charge in [-0.25, -0.2) is 4.39 Å². The standard InChI is InChI=1S/C28H29FN4O2/c1-32(2)17-19-7-12-22(13-8-19)30-27(20-9-5-18(6-10-20)15-25(34)33(3)4)26-23-14-11-21(29)16-24(23)31-28(26)35/h5-14,16,26H,15,17H2,1-4H3,(H,31,35). The maximum atomic E-state index is 13.8. The van der Waals surface area contributed by atoms with Crippen LogP contribution < -0.4 is 5.32 Å². The number of nitrogens with zero attached hydrogens (tertiary/aromatic N) is 3. The summed E-state index contributed by atoms with van der Waals surface area (Å²) < 4.78 is 13.8. The molecule has 0 spiro atoms. The lowest BCUT2D eigenvalue weighted by Gasteiger charge is -2.15. The first-order valence-electron chi connectivity index (χ1n) is 11.4. The highest BCUT2D eigenvalue weighted by Gasteiger charge is 2.35. The Morgan fingerprint density at radius 3 is 2.23 bits per heavy atom. The Labute approximate surface area is 205 Å². The molecule has 6 nitrogen and oxygen atoms in total. The molecule has 1 N–H and O–H groups in total. The van der Waals surface area contributed by atoms with Gasteiger partial charge in [0.1, 0.15) is 11.7 Å². The van der Waals surface area contributed by atoms with Crippen molar-refractivity contribution in [1.82, 2.24) is 9.80 Å². The minimum Gasteiger partial charge on any atom is -0.349 e. The van der Waals surface area contributed by atoms with Crippen LogP contribution in [0.3, 0.4) is 0 Å². The van der Waals surface area contributed by atoms with Crippen molar-refractivity contribution in [2.75, 3.05) is 33.5 Å². The van der Waals surface area contributed by atoms with Crippen LogP contribution in [0.5, 0.6) is 0 Å². The summed E-state index contributed by atoms with van der Waals surface area (Å²) in [5.41, 5.74) is 5.23. The summed E-state index contributed by atoms with van der Waals surface area (Å²) in [6.45, 7) is 0.813. The van der Waals surface area contributed by atoms with Crippen molar-refractivity contribution in [1.29, 1.82) is 0 Å². The first-order valence-corrected chi connectivity index (χ1v) is 11.4. The largest absolute Gasteiger partial charge is 0.349 e. The average Bonchev–Trinajstić information content (AvgIpc) is 3.13. The summed E-state index contributed by atoms with van der Waals surface area (Å²) in [4.78, 5) is 33.7. The molecule has 1 aliphatic heterocycles. The molecule has 0 saturated carbocycles. The van der Waals surface area contributed by atoms with Gasteiger partial charge in [-0.15, -0.1) is 0 Å². The van der Waals surface area contributed by atoms with Gasteiger partial charge in [-0.1, -0.05) is 42.5 Å². The summed E-state index contributed by atoms with van der Waals surface area (Å²) >= 11 is 0. The van der Waals surface area contributed by atoms with Gasteiger partial charge in [0.05, 0.1) is 17.8 Å². The van der Waals surface area contributed by atoms with E-state index in [9.17, 15) is 14.0 Å². The number of aliphatic imine (C=N–C) groups is 1. The number of nitrogens with one attached hydrogen (secondary N) is 1. The lowest BCUT2D eigenvalue weighted by molar-refractivity contribution is -0.128. The van der Waals surface area contributed by atoms with Gasteiger partial charge in [0, 0.05) is 26.3 Å². The Hall–Kier alpha value is -3.84. The van der Waals surface area contributed by atoms with Crippen LogP contribution in [0.4, 0.5) is 15.8 Å². The molecule has 1 atom stereocenters. The molecule has 2 amide bonds. The van der Waals surface area contributed by atoms with Crippen molar-refractivity contribution in [2.45, 2.75) is 18.9 Å². The zero-order valence-corrected chi connectivity index (χ0v) is 20.4. The maximum absolute atomic E-state index is 13.8. The fraction of sp³-hybridized carbons (Fsp3) is 0.250. The van der Waals surface area contributed by atoms with Crippen LogP contribution in [0, 0.1) is 5.82 Å². The van der Waals surface area contributed by atoms with Crippen molar-refractivity contribution in [3.8, 4) is 0 Å². The maximum Gasteiger partial charge on any atom is 0.238 e. The van der Waals surface area contributed by atoms with E-state index in [1.165, 1.54) is 12.1 Å². The highest BCUT2D eigenvalue weighted by atomic mass is 19.1. The quantitative estimate of drug-likeness (QED) is 0.519. The second-order valence-electron chi connectivity index (χ2n) is 9.22. The van der Waals surface area contributed by atoms with Crippen molar-refractivity contribution in [2.24, 2.45) is 4.99 Å². The Kier molecular flexibility index (Phi) is 7.07. The van der Waals surface area contributed by atoms with Gasteiger partial charge in [0.2, 0.25) is 11.8 Å². The van der Waals surface area contributed by atoms with Gasteiger partial charge in [0.25, 0.3) is 0 Å². The number of hydrogen-bond acceptors (Lipinski definition) is 4. The zero-order valence-electron chi connectivity index (χ0n) is 20.4. The van der Waals surface area contributed by atoms with E-state index in [0.717, 1.165) is 28.9 Å². The van der Waals surface area contributed by atoms with Crippen LogP contribution in [-0.4, -0.2) is 55.5 Å². The first kappa shape index (κ1) is 24.3. The van der Waals surface area contributed by atoms with E-state index in [1.807, 2.05) is 62.6 Å². The van der Waals surface area contributed by atoms with E-state index in [0.29, 0.717) is 23.4 Å². The number of likely N-dealkylation sites (N-methyl/N-ethyl adjacent to an activating group) is 1. The number of anilines is 1. The molecule has 0 aromatic heterocycles. The fourth-order valence-corrected chi connectivity index (χ4v) is 4.11. The SMILES string of the molecule is CN(C)Cc1ccc(N=C(c2ccc(CC(=O)N(C)C)cc2)C2C(=O)Nc3cc(F)ccc32)cc1. The Bertz CT molecular complexity index is 1270. The molecule has 4 rings (SSSR count). The molecule has 3 aromatic carbocycles. The number of carbonyl (C=O) groups excluding carboxylic acids is 2. The smallest absolute Gasteiger partial charge is 0.238 e. The monoisotopic (exact) mass is 472 g/mol. The number of fused-ring (bicyclic) bond motifs is 1. The Balaban J connectivity index is 1.74. The number of halogens is 1. The zero-order chi connectivity index (χ0) is 25.1. The number of rotatable bonds is 7. The summed E-state index contributed by atoms with van der Waals surface area (Å²) in [6, 6.07) is 19.7. The molecule has 1 aliphatic rings. The van der Waals surface area contributed by atoms with Crippen LogP contribution in [0.15, 0.2) is 71.7 Å². The van der Waals surface area contributed by atoms with E-state index >= 15 is 0 Å². The van der Waals surface area contributed by atoms with E-state index < -0.39 is 11.7 Å². The van der Waals surface area contributed by atoms with E-state index in [4.69, 9.17) is 4.99 Å². The molecule has 0 radical (unpaired) electrons. The van der Waals surface area contributed by atoms with Gasteiger partial charge in [0.15, 0.2) is 0 Å². The molecular weight excluding hydrogens is 443 g/mol. The molecule has 180 valence electrons. The van der Waals surface area contributed by atoms with Crippen LogP contribution >= 0.6 is 0 Å². The topological polar surface area (TPSA) is 65.0 Å². The molecule has 0 bridgehead atoms. The average molecular weight is 473 g/mol. The normalized spacial score (nSPS) is 15.2. The summed E-state index contributed by atoms with van der Waals surface area (Å²) in [6.07, 6.45) is 0.291. The summed E-state index contributed by atoms with van der Waals surface area (Å²) in [5.74, 6) is -1.33. The molecule has 1 heterocycles. The third-order valence-corrected chi connectivity index (χ3v) is 5.91. The summed E-state index contributed by atoms with van der Waals surface area (Å²) in [7, 11) is 7.48. The predicted octanol–water partition coefficient (Wildman–Crippen LogP) is 4.37. The molecule has 0 aliphatic carbocycles. The molecule has 1 unspecified atom stereocenters. The molecular formula is C28H29FN4O2. The van der Waals surface area contributed by atoms with Gasteiger partial charge < -0.3 is 15.1 Å².